The Hall–Kier alpha value is -0.850. The molecule has 0 fully saturated rings. The van der Waals surface area contributed by atoms with Gasteiger partial charge >= 0.3 is 0 Å². The Morgan fingerprint density at radius 1 is 1.25 bits per heavy atom. The van der Waals surface area contributed by atoms with E-state index in [2.05, 4.69) is 42.2 Å². The Balaban J connectivity index is 2.11. The molecule has 0 saturated carbocycles. The quantitative estimate of drug-likeness (QED) is 0.794. The molecule has 2 nitrogen and oxygen atoms in total. The van der Waals surface area contributed by atoms with Gasteiger partial charge in [-0.25, -0.2) is 8.78 Å². The molecule has 1 aromatic heterocycles. The van der Waals surface area contributed by atoms with Crippen molar-refractivity contribution in [2.24, 2.45) is 0 Å². The second kappa shape index (κ2) is 6.74. The lowest BCUT2D eigenvalue weighted by Gasteiger charge is -2.16. The van der Waals surface area contributed by atoms with Crippen LogP contribution in [0.2, 0.25) is 0 Å². The molecule has 2 aromatic rings. The fourth-order valence-electron chi connectivity index (χ4n) is 1.85. The molecule has 106 valence electrons. The Bertz CT molecular complexity index is 600. The van der Waals surface area contributed by atoms with Crippen molar-refractivity contribution in [1.29, 1.82) is 0 Å². The van der Waals surface area contributed by atoms with Crippen LogP contribution in [0.25, 0.3) is 0 Å². The Morgan fingerprint density at radius 3 is 2.50 bits per heavy atom. The van der Waals surface area contributed by atoms with Crippen LogP contribution in [0, 0.1) is 11.6 Å². The molecule has 0 radical (unpaired) electrons. The molecule has 2 rings (SSSR count). The van der Waals surface area contributed by atoms with Gasteiger partial charge in [-0.2, -0.15) is 0 Å². The van der Waals surface area contributed by atoms with E-state index in [1.165, 1.54) is 18.2 Å². The monoisotopic (exact) mass is 404 g/mol. The van der Waals surface area contributed by atoms with E-state index in [1.54, 1.807) is 13.1 Å². The zero-order valence-electron chi connectivity index (χ0n) is 10.6. The third-order valence-corrected chi connectivity index (χ3v) is 4.01. The molecule has 20 heavy (non-hydrogen) atoms. The second-order valence-corrected chi connectivity index (χ2v) is 6.09. The van der Waals surface area contributed by atoms with Crippen molar-refractivity contribution in [1.82, 2.24) is 10.3 Å². The first-order chi connectivity index (χ1) is 9.49. The molecule has 0 spiro atoms. The topological polar surface area (TPSA) is 24.9 Å². The van der Waals surface area contributed by atoms with Crippen molar-refractivity contribution in [3.8, 4) is 0 Å². The van der Waals surface area contributed by atoms with Gasteiger partial charge in [0.25, 0.3) is 0 Å². The van der Waals surface area contributed by atoms with E-state index in [4.69, 9.17) is 0 Å². The highest BCUT2D eigenvalue weighted by molar-refractivity contribution is 9.11. The molecule has 0 saturated heterocycles. The molecule has 6 heteroatoms. The maximum Gasteiger partial charge on any atom is 0.130 e. The van der Waals surface area contributed by atoms with Crippen molar-refractivity contribution in [3.63, 3.8) is 0 Å². The lowest BCUT2D eigenvalue weighted by molar-refractivity contribution is 0.485. The van der Waals surface area contributed by atoms with E-state index in [1.807, 2.05) is 6.07 Å². The SMILES string of the molecule is CC(NCc1ncc(Br)cc1Br)c1c(F)cccc1F. The number of pyridine rings is 1. The molecule has 1 heterocycles. The van der Waals surface area contributed by atoms with Gasteiger partial charge in [-0.05, 0) is 57.0 Å². The summed E-state index contributed by atoms with van der Waals surface area (Å²) in [7, 11) is 0. The highest BCUT2D eigenvalue weighted by Crippen LogP contribution is 2.23. The molecule has 0 aliphatic rings. The summed E-state index contributed by atoms with van der Waals surface area (Å²) in [5.41, 5.74) is 0.817. The number of nitrogens with one attached hydrogen (secondary N) is 1. The fraction of sp³-hybridized carbons (Fsp3) is 0.214. The zero-order chi connectivity index (χ0) is 14.7. The normalized spacial score (nSPS) is 12.4. The van der Waals surface area contributed by atoms with Crippen LogP contribution in [-0.4, -0.2) is 4.98 Å². The van der Waals surface area contributed by atoms with Gasteiger partial charge in [-0.1, -0.05) is 6.07 Å². The predicted molar refractivity (Wildman–Crippen MR) is 81.2 cm³/mol. The molecule has 1 aromatic carbocycles. The molecule has 1 atom stereocenters. The number of aromatic nitrogens is 1. The summed E-state index contributed by atoms with van der Waals surface area (Å²) < 4.78 is 29.0. The van der Waals surface area contributed by atoms with Gasteiger partial charge in [0.2, 0.25) is 0 Å². The van der Waals surface area contributed by atoms with Gasteiger partial charge in [0.05, 0.1) is 5.69 Å². The van der Waals surface area contributed by atoms with E-state index in [-0.39, 0.29) is 5.56 Å². The average Bonchev–Trinajstić information content (AvgIpc) is 2.37. The Kier molecular flexibility index (Phi) is 5.23. The first-order valence-electron chi connectivity index (χ1n) is 5.96. The highest BCUT2D eigenvalue weighted by atomic mass is 79.9. The van der Waals surface area contributed by atoms with E-state index in [0.717, 1.165) is 14.6 Å². The molecule has 0 aliphatic heterocycles. The van der Waals surface area contributed by atoms with Crippen LogP contribution in [0.15, 0.2) is 39.4 Å². The van der Waals surface area contributed by atoms with Crippen molar-refractivity contribution < 1.29 is 8.78 Å². The summed E-state index contributed by atoms with van der Waals surface area (Å²) in [5, 5.41) is 3.07. The van der Waals surface area contributed by atoms with Gasteiger partial charge in [-0.3, -0.25) is 4.98 Å². The maximum atomic E-state index is 13.6. The van der Waals surface area contributed by atoms with Gasteiger partial charge < -0.3 is 5.32 Å². The molecule has 1 unspecified atom stereocenters. The van der Waals surface area contributed by atoms with E-state index in [9.17, 15) is 8.78 Å². The van der Waals surface area contributed by atoms with E-state index in [0.29, 0.717) is 6.54 Å². The minimum absolute atomic E-state index is 0.0423. The second-order valence-electron chi connectivity index (χ2n) is 4.32. The highest BCUT2D eigenvalue weighted by Gasteiger charge is 2.16. The smallest absolute Gasteiger partial charge is 0.130 e. The van der Waals surface area contributed by atoms with Crippen LogP contribution in [0.4, 0.5) is 8.78 Å². The van der Waals surface area contributed by atoms with Crippen molar-refractivity contribution >= 4 is 31.9 Å². The van der Waals surface area contributed by atoms with E-state index >= 15 is 0 Å². The van der Waals surface area contributed by atoms with Crippen molar-refractivity contribution in [2.75, 3.05) is 0 Å². The molecule has 0 bridgehead atoms. The Morgan fingerprint density at radius 2 is 1.90 bits per heavy atom. The number of hydrogen-bond acceptors (Lipinski definition) is 2. The summed E-state index contributed by atoms with van der Waals surface area (Å²) in [6, 6.07) is 5.29. The van der Waals surface area contributed by atoms with Crippen LogP contribution < -0.4 is 5.32 Å². The standard InChI is InChI=1S/C14H12Br2F2N2/c1-8(14-11(17)3-2-4-12(14)18)19-7-13-10(16)5-9(15)6-20-13/h2-6,8,19H,7H2,1H3. The average molecular weight is 406 g/mol. The summed E-state index contributed by atoms with van der Waals surface area (Å²) in [5.74, 6) is -1.10. The van der Waals surface area contributed by atoms with Gasteiger partial charge in [0.15, 0.2) is 0 Å². The molecule has 1 N–H and O–H groups in total. The molecule has 0 aliphatic carbocycles. The number of rotatable bonds is 4. The minimum Gasteiger partial charge on any atom is -0.304 e. The number of benzene rings is 1. The summed E-state index contributed by atoms with van der Waals surface area (Å²) >= 11 is 6.72. The van der Waals surface area contributed by atoms with Crippen LogP contribution in [0.5, 0.6) is 0 Å². The molecule has 0 amide bonds. The van der Waals surface area contributed by atoms with Crippen LogP contribution >= 0.6 is 31.9 Å². The largest absolute Gasteiger partial charge is 0.304 e. The third-order valence-electron chi connectivity index (χ3n) is 2.89. The van der Waals surface area contributed by atoms with Crippen molar-refractivity contribution in [3.05, 3.63) is 62.3 Å². The Labute approximate surface area is 132 Å². The lowest BCUT2D eigenvalue weighted by Crippen LogP contribution is -2.21. The number of hydrogen-bond donors (Lipinski definition) is 1. The third kappa shape index (κ3) is 3.62. The summed E-state index contributed by atoms with van der Waals surface area (Å²) in [4.78, 5) is 4.24. The zero-order valence-corrected chi connectivity index (χ0v) is 13.8. The van der Waals surface area contributed by atoms with Crippen LogP contribution in [0.1, 0.15) is 24.2 Å². The fourth-order valence-corrected chi connectivity index (χ4v) is 2.98. The van der Waals surface area contributed by atoms with Crippen LogP contribution in [0.3, 0.4) is 0 Å². The molecular weight excluding hydrogens is 394 g/mol. The molecular formula is C14H12Br2F2N2. The van der Waals surface area contributed by atoms with Gasteiger partial charge in [-0.15, -0.1) is 0 Å². The first-order valence-corrected chi connectivity index (χ1v) is 7.55. The van der Waals surface area contributed by atoms with E-state index < -0.39 is 17.7 Å². The lowest BCUT2D eigenvalue weighted by atomic mass is 10.1. The number of nitrogens with zero attached hydrogens (tertiary/aromatic N) is 1. The van der Waals surface area contributed by atoms with Gasteiger partial charge in [0.1, 0.15) is 11.6 Å². The van der Waals surface area contributed by atoms with Crippen LogP contribution in [-0.2, 0) is 6.54 Å². The van der Waals surface area contributed by atoms with Gasteiger partial charge in [0, 0.05) is 33.3 Å². The van der Waals surface area contributed by atoms with Crippen molar-refractivity contribution in [2.45, 2.75) is 19.5 Å². The predicted octanol–water partition coefficient (Wildman–Crippen LogP) is 4.74. The minimum atomic E-state index is -0.548. The number of halogens is 4. The first kappa shape index (κ1) is 15.5. The summed E-state index contributed by atoms with van der Waals surface area (Å²) in [6.07, 6.45) is 1.68. The maximum absolute atomic E-state index is 13.6. The summed E-state index contributed by atoms with van der Waals surface area (Å²) in [6.45, 7) is 2.12.